The van der Waals surface area contributed by atoms with E-state index in [0.717, 1.165) is 12.0 Å². The van der Waals surface area contributed by atoms with Gasteiger partial charge in [-0.25, -0.2) is 13.8 Å². The molecule has 0 aliphatic heterocycles. The zero-order chi connectivity index (χ0) is 16.8. The van der Waals surface area contributed by atoms with Crippen molar-refractivity contribution >= 4 is 17.5 Å². The first-order chi connectivity index (χ1) is 11.7. The summed E-state index contributed by atoms with van der Waals surface area (Å²) < 4.78 is 26.5. The molecule has 0 aliphatic rings. The molecular weight excluding hydrogens is 310 g/mol. The average molecular weight is 326 g/mol. The molecule has 0 unspecified atom stereocenters. The highest BCUT2D eigenvalue weighted by Crippen LogP contribution is 2.17. The number of aromatic nitrogens is 2. The van der Waals surface area contributed by atoms with Crippen LogP contribution in [-0.4, -0.2) is 16.5 Å². The monoisotopic (exact) mass is 326 g/mol. The molecule has 4 nitrogen and oxygen atoms in total. The summed E-state index contributed by atoms with van der Waals surface area (Å²) in [4.78, 5) is 8.38. The van der Waals surface area contributed by atoms with Gasteiger partial charge in [-0.15, -0.1) is 0 Å². The lowest BCUT2D eigenvalue weighted by molar-refractivity contribution is 0.627. The van der Waals surface area contributed by atoms with Crippen molar-refractivity contribution in [3.63, 3.8) is 0 Å². The maximum Gasteiger partial charge on any atom is 0.229 e. The average Bonchev–Trinajstić information content (AvgIpc) is 2.59. The molecule has 0 aliphatic carbocycles. The number of para-hydroxylation sites is 1. The Balaban J connectivity index is 1.59. The third-order valence-corrected chi connectivity index (χ3v) is 3.41. The fraction of sp³-hybridized carbons (Fsp3) is 0.111. The number of hydrogen-bond acceptors (Lipinski definition) is 4. The number of nitrogens with zero attached hydrogens (tertiary/aromatic N) is 2. The van der Waals surface area contributed by atoms with Gasteiger partial charge in [-0.3, -0.25) is 0 Å². The maximum atomic E-state index is 13.6. The minimum Gasteiger partial charge on any atom is -0.370 e. The molecule has 24 heavy (non-hydrogen) atoms. The molecule has 3 aromatic rings. The van der Waals surface area contributed by atoms with Crippen molar-refractivity contribution in [3.8, 4) is 0 Å². The van der Waals surface area contributed by atoms with Gasteiger partial charge < -0.3 is 10.6 Å². The molecule has 0 amide bonds. The second-order valence-electron chi connectivity index (χ2n) is 5.17. The van der Waals surface area contributed by atoms with Crippen molar-refractivity contribution in [2.45, 2.75) is 6.42 Å². The first-order valence-electron chi connectivity index (χ1n) is 7.53. The van der Waals surface area contributed by atoms with Crippen molar-refractivity contribution in [2.24, 2.45) is 0 Å². The van der Waals surface area contributed by atoms with Gasteiger partial charge >= 0.3 is 0 Å². The van der Waals surface area contributed by atoms with Gasteiger partial charge in [-0.05, 0) is 42.3 Å². The molecule has 1 aromatic heterocycles. The SMILES string of the molecule is Fc1ccc(CCNc2ccnc(Nc3ccccc3F)n2)cc1. The highest BCUT2D eigenvalue weighted by molar-refractivity contribution is 5.55. The molecule has 2 aromatic carbocycles. The van der Waals surface area contributed by atoms with Crippen LogP contribution in [0.4, 0.5) is 26.2 Å². The zero-order valence-electron chi connectivity index (χ0n) is 12.8. The molecule has 0 fully saturated rings. The lowest BCUT2D eigenvalue weighted by Crippen LogP contribution is -2.08. The zero-order valence-corrected chi connectivity index (χ0v) is 12.8. The number of nitrogens with one attached hydrogen (secondary N) is 2. The summed E-state index contributed by atoms with van der Waals surface area (Å²) in [5.41, 5.74) is 1.35. The van der Waals surface area contributed by atoms with Gasteiger partial charge in [0.15, 0.2) is 0 Å². The summed E-state index contributed by atoms with van der Waals surface area (Å²) in [5, 5.41) is 6.02. The highest BCUT2D eigenvalue weighted by Gasteiger charge is 2.04. The summed E-state index contributed by atoms with van der Waals surface area (Å²) in [5.74, 6) is 0.333. The van der Waals surface area contributed by atoms with Crippen molar-refractivity contribution in [1.82, 2.24) is 9.97 Å². The van der Waals surface area contributed by atoms with Gasteiger partial charge in [0.25, 0.3) is 0 Å². The molecule has 1 heterocycles. The van der Waals surface area contributed by atoms with E-state index in [2.05, 4.69) is 20.6 Å². The van der Waals surface area contributed by atoms with Gasteiger partial charge in [0.2, 0.25) is 5.95 Å². The van der Waals surface area contributed by atoms with Crippen LogP contribution in [0.3, 0.4) is 0 Å². The largest absolute Gasteiger partial charge is 0.370 e. The third-order valence-electron chi connectivity index (χ3n) is 3.41. The van der Waals surface area contributed by atoms with Gasteiger partial charge in [-0.2, -0.15) is 4.98 Å². The van der Waals surface area contributed by atoms with E-state index >= 15 is 0 Å². The first kappa shape index (κ1) is 15.9. The third kappa shape index (κ3) is 4.25. The van der Waals surface area contributed by atoms with Crippen LogP contribution >= 0.6 is 0 Å². The van der Waals surface area contributed by atoms with Crippen molar-refractivity contribution in [2.75, 3.05) is 17.2 Å². The minimum atomic E-state index is -0.365. The summed E-state index contributed by atoms with van der Waals surface area (Å²) in [7, 11) is 0. The molecule has 0 bridgehead atoms. The predicted molar refractivity (Wildman–Crippen MR) is 90.3 cm³/mol. The number of hydrogen-bond donors (Lipinski definition) is 2. The molecule has 0 saturated heterocycles. The van der Waals surface area contributed by atoms with Gasteiger partial charge in [0.1, 0.15) is 17.5 Å². The Hall–Kier alpha value is -3.02. The van der Waals surface area contributed by atoms with E-state index in [4.69, 9.17) is 0 Å². The van der Waals surface area contributed by atoms with Crippen LogP contribution in [-0.2, 0) is 6.42 Å². The molecule has 0 radical (unpaired) electrons. The summed E-state index contributed by atoms with van der Waals surface area (Å²) in [6.07, 6.45) is 2.33. The first-order valence-corrected chi connectivity index (χ1v) is 7.53. The molecule has 2 N–H and O–H groups in total. The Bertz CT molecular complexity index is 806. The molecule has 122 valence electrons. The number of benzene rings is 2. The Morgan fingerprint density at radius 3 is 2.50 bits per heavy atom. The second kappa shape index (κ2) is 7.50. The van der Waals surface area contributed by atoms with E-state index < -0.39 is 0 Å². The van der Waals surface area contributed by atoms with Crippen LogP contribution in [0.5, 0.6) is 0 Å². The summed E-state index contributed by atoms with van der Waals surface area (Å²) in [6, 6.07) is 14.5. The van der Waals surface area contributed by atoms with E-state index in [0.29, 0.717) is 24.0 Å². The molecular formula is C18H16F2N4. The standard InChI is InChI=1S/C18H16F2N4/c19-14-7-5-13(6-8-14)9-11-21-17-10-12-22-18(24-17)23-16-4-2-1-3-15(16)20/h1-8,10,12H,9,11H2,(H2,21,22,23,24). The topological polar surface area (TPSA) is 49.8 Å². The van der Waals surface area contributed by atoms with Crippen LogP contribution in [0, 0.1) is 11.6 Å². The second-order valence-corrected chi connectivity index (χ2v) is 5.17. The quantitative estimate of drug-likeness (QED) is 0.714. The Morgan fingerprint density at radius 2 is 1.71 bits per heavy atom. The van der Waals surface area contributed by atoms with Crippen LogP contribution < -0.4 is 10.6 Å². The number of rotatable bonds is 6. The van der Waals surface area contributed by atoms with E-state index in [1.54, 1.807) is 42.6 Å². The summed E-state index contributed by atoms with van der Waals surface area (Å²) >= 11 is 0. The molecule has 0 spiro atoms. The lowest BCUT2D eigenvalue weighted by atomic mass is 10.1. The number of halogens is 2. The molecule has 6 heteroatoms. The van der Waals surface area contributed by atoms with E-state index in [1.165, 1.54) is 18.2 Å². The predicted octanol–water partition coefficient (Wildman–Crippen LogP) is 4.15. The van der Waals surface area contributed by atoms with E-state index in [-0.39, 0.29) is 11.6 Å². The van der Waals surface area contributed by atoms with Crippen molar-refractivity contribution in [3.05, 3.63) is 78.0 Å². The Kier molecular flexibility index (Phi) is 4.96. The fourth-order valence-corrected chi connectivity index (χ4v) is 2.19. The van der Waals surface area contributed by atoms with Gasteiger partial charge in [0.05, 0.1) is 5.69 Å². The van der Waals surface area contributed by atoms with Crippen LogP contribution in [0.15, 0.2) is 60.8 Å². The van der Waals surface area contributed by atoms with Crippen LogP contribution in [0.25, 0.3) is 0 Å². The lowest BCUT2D eigenvalue weighted by Gasteiger charge is -2.09. The van der Waals surface area contributed by atoms with Gasteiger partial charge in [-0.1, -0.05) is 24.3 Å². The smallest absolute Gasteiger partial charge is 0.229 e. The Labute approximate surface area is 138 Å². The highest BCUT2D eigenvalue weighted by atomic mass is 19.1. The summed E-state index contributed by atoms with van der Waals surface area (Å²) in [6.45, 7) is 0.641. The van der Waals surface area contributed by atoms with Crippen LogP contribution in [0.1, 0.15) is 5.56 Å². The number of anilines is 3. The minimum absolute atomic E-state index is 0.244. The fourth-order valence-electron chi connectivity index (χ4n) is 2.19. The van der Waals surface area contributed by atoms with Crippen LogP contribution in [0.2, 0.25) is 0 Å². The van der Waals surface area contributed by atoms with E-state index in [9.17, 15) is 8.78 Å². The molecule has 0 saturated carbocycles. The Morgan fingerprint density at radius 1 is 0.917 bits per heavy atom. The van der Waals surface area contributed by atoms with Crippen molar-refractivity contribution in [1.29, 1.82) is 0 Å². The molecule has 0 atom stereocenters. The van der Waals surface area contributed by atoms with Crippen molar-refractivity contribution < 1.29 is 8.78 Å². The maximum absolute atomic E-state index is 13.6. The van der Waals surface area contributed by atoms with Gasteiger partial charge in [0, 0.05) is 12.7 Å². The van der Waals surface area contributed by atoms with E-state index in [1.807, 2.05) is 0 Å². The molecule has 3 rings (SSSR count). The normalized spacial score (nSPS) is 10.4.